The molecule has 1 saturated heterocycles. The lowest BCUT2D eigenvalue weighted by molar-refractivity contribution is 0.288. The minimum atomic E-state index is -3.79. The zero-order valence-electron chi connectivity index (χ0n) is 16.7. The van der Waals surface area contributed by atoms with Gasteiger partial charge in [-0.05, 0) is 65.9 Å². The zero-order chi connectivity index (χ0) is 21.4. The Morgan fingerprint density at radius 2 is 1.40 bits per heavy atom. The minimum absolute atomic E-state index is 0.153. The molecule has 0 bridgehead atoms. The van der Waals surface area contributed by atoms with Gasteiger partial charge in [-0.15, -0.1) is 0 Å². The molecular formula is C22H24N2O4S2. The Balaban J connectivity index is 1.53. The first-order chi connectivity index (χ1) is 14.3. The molecule has 1 fully saturated rings. The van der Waals surface area contributed by atoms with Gasteiger partial charge in [-0.25, -0.2) is 16.8 Å². The molecular weight excluding hydrogens is 420 g/mol. The number of sulfonamides is 2. The Hall–Kier alpha value is -2.42. The highest BCUT2D eigenvalue weighted by Crippen LogP contribution is 2.26. The molecule has 0 atom stereocenters. The molecule has 1 aliphatic heterocycles. The molecule has 0 aromatic heterocycles. The normalized spacial score (nSPS) is 16.6. The number of nitrogens with one attached hydrogen (secondary N) is 1. The third kappa shape index (κ3) is 4.21. The van der Waals surface area contributed by atoms with Crippen molar-refractivity contribution in [2.45, 2.75) is 29.6 Å². The summed E-state index contributed by atoms with van der Waals surface area (Å²) < 4.78 is 55.2. The maximum absolute atomic E-state index is 12.8. The van der Waals surface area contributed by atoms with E-state index in [1.165, 1.54) is 28.6 Å². The number of benzene rings is 3. The summed E-state index contributed by atoms with van der Waals surface area (Å²) in [6, 6.07) is 18.3. The number of hydrogen-bond acceptors (Lipinski definition) is 4. The van der Waals surface area contributed by atoms with Crippen LogP contribution in [0.15, 0.2) is 76.5 Å². The van der Waals surface area contributed by atoms with Crippen LogP contribution < -0.4 is 4.72 Å². The van der Waals surface area contributed by atoms with Crippen molar-refractivity contribution in [3.63, 3.8) is 0 Å². The van der Waals surface area contributed by atoms with Crippen LogP contribution in [0.2, 0.25) is 0 Å². The smallest absolute Gasteiger partial charge is 0.261 e. The summed E-state index contributed by atoms with van der Waals surface area (Å²) in [5, 5.41) is 1.79. The van der Waals surface area contributed by atoms with E-state index in [0.717, 1.165) is 23.6 Å². The molecule has 3 aromatic carbocycles. The van der Waals surface area contributed by atoms with Crippen LogP contribution in [-0.2, 0) is 20.0 Å². The van der Waals surface area contributed by atoms with E-state index in [4.69, 9.17) is 0 Å². The van der Waals surface area contributed by atoms with Crippen LogP contribution in [0, 0.1) is 5.92 Å². The van der Waals surface area contributed by atoms with Crippen molar-refractivity contribution in [2.75, 3.05) is 17.8 Å². The Bertz CT molecular complexity index is 1260. The molecule has 0 radical (unpaired) electrons. The van der Waals surface area contributed by atoms with Crippen molar-refractivity contribution in [3.05, 3.63) is 66.7 Å². The summed E-state index contributed by atoms with van der Waals surface area (Å²) in [6.07, 6.45) is 1.70. The summed E-state index contributed by atoms with van der Waals surface area (Å²) in [7, 11) is -7.36. The van der Waals surface area contributed by atoms with Crippen LogP contribution in [0.25, 0.3) is 10.8 Å². The Morgan fingerprint density at radius 3 is 2.07 bits per heavy atom. The lowest BCUT2D eigenvalue weighted by Crippen LogP contribution is -2.37. The van der Waals surface area contributed by atoms with Crippen LogP contribution in [0.3, 0.4) is 0 Å². The summed E-state index contributed by atoms with van der Waals surface area (Å²) in [4.78, 5) is 0.325. The van der Waals surface area contributed by atoms with Gasteiger partial charge in [0, 0.05) is 18.8 Å². The Morgan fingerprint density at radius 1 is 0.800 bits per heavy atom. The van der Waals surface area contributed by atoms with Crippen LogP contribution in [0.1, 0.15) is 19.8 Å². The molecule has 30 heavy (non-hydrogen) atoms. The molecule has 0 spiro atoms. The van der Waals surface area contributed by atoms with E-state index in [9.17, 15) is 16.8 Å². The third-order valence-electron chi connectivity index (χ3n) is 5.52. The van der Waals surface area contributed by atoms with Gasteiger partial charge in [-0.1, -0.05) is 37.3 Å². The van der Waals surface area contributed by atoms with Crippen molar-refractivity contribution in [1.82, 2.24) is 4.31 Å². The fraction of sp³-hybridized carbons (Fsp3) is 0.273. The number of hydrogen-bond donors (Lipinski definition) is 1. The average Bonchev–Trinajstić information content (AvgIpc) is 2.74. The molecule has 1 N–H and O–H groups in total. The molecule has 0 unspecified atom stereocenters. The van der Waals surface area contributed by atoms with Gasteiger partial charge in [0.15, 0.2) is 0 Å². The maximum atomic E-state index is 12.8. The highest BCUT2D eigenvalue weighted by Gasteiger charge is 2.28. The van der Waals surface area contributed by atoms with E-state index in [1.807, 2.05) is 24.3 Å². The van der Waals surface area contributed by atoms with E-state index in [2.05, 4.69) is 11.6 Å². The van der Waals surface area contributed by atoms with Gasteiger partial charge in [0.25, 0.3) is 10.0 Å². The van der Waals surface area contributed by atoms with Crippen molar-refractivity contribution >= 4 is 36.5 Å². The van der Waals surface area contributed by atoms with Gasteiger partial charge in [-0.2, -0.15) is 4.31 Å². The van der Waals surface area contributed by atoms with E-state index in [0.29, 0.717) is 24.7 Å². The quantitative estimate of drug-likeness (QED) is 0.643. The third-order valence-corrected chi connectivity index (χ3v) is 8.81. The predicted molar refractivity (Wildman–Crippen MR) is 118 cm³/mol. The highest BCUT2D eigenvalue weighted by atomic mass is 32.2. The number of piperidine rings is 1. The predicted octanol–water partition coefficient (Wildman–Crippen LogP) is 4.06. The second-order valence-corrected chi connectivity index (χ2v) is 11.3. The molecule has 1 heterocycles. The van der Waals surface area contributed by atoms with E-state index in [1.54, 1.807) is 18.2 Å². The summed E-state index contributed by atoms with van der Waals surface area (Å²) in [5.74, 6) is 0.531. The molecule has 158 valence electrons. The summed E-state index contributed by atoms with van der Waals surface area (Å²) in [6.45, 7) is 3.15. The molecule has 0 amide bonds. The van der Waals surface area contributed by atoms with Gasteiger partial charge < -0.3 is 0 Å². The standard InChI is InChI=1S/C22H24N2O4S2/c1-17-12-14-24(15-13-17)30(27,28)21-10-7-20(8-11-21)23-29(25,26)22-9-6-18-4-2-3-5-19(18)16-22/h2-11,16-17,23H,12-15H2,1H3. The van der Waals surface area contributed by atoms with E-state index >= 15 is 0 Å². The average molecular weight is 445 g/mol. The number of anilines is 1. The lowest BCUT2D eigenvalue weighted by Gasteiger charge is -2.29. The van der Waals surface area contributed by atoms with Crippen LogP contribution >= 0.6 is 0 Å². The van der Waals surface area contributed by atoms with Gasteiger partial charge in [0.2, 0.25) is 10.0 Å². The first-order valence-corrected chi connectivity index (χ1v) is 12.8. The van der Waals surface area contributed by atoms with Crippen LogP contribution in [0.4, 0.5) is 5.69 Å². The zero-order valence-corrected chi connectivity index (χ0v) is 18.3. The second-order valence-electron chi connectivity index (χ2n) is 7.73. The molecule has 1 aliphatic rings. The highest BCUT2D eigenvalue weighted by molar-refractivity contribution is 7.92. The second kappa shape index (κ2) is 8.02. The Kier molecular flexibility index (Phi) is 5.57. The first kappa shape index (κ1) is 20.8. The van der Waals surface area contributed by atoms with Crippen LogP contribution in [0.5, 0.6) is 0 Å². The van der Waals surface area contributed by atoms with Gasteiger partial charge >= 0.3 is 0 Å². The fourth-order valence-corrected chi connectivity index (χ4v) is 6.18. The lowest BCUT2D eigenvalue weighted by atomic mass is 10.0. The summed E-state index contributed by atoms with van der Waals surface area (Å²) >= 11 is 0. The van der Waals surface area contributed by atoms with Crippen molar-refractivity contribution in [2.24, 2.45) is 5.92 Å². The number of nitrogens with zero attached hydrogens (tertiary/aromatic N) is 1. The topological polar surface area (TPSA) is 83.6 Å². The van der Waals surface area contributed by atoms with Crippen LogP contribution in [-0.4, -0.2) is 34.2 Å². The van der Waals surface area contributed by atoms with Gasteiger partial charge in [0.1, 0.15) is 0 Å². The molecule has 8 heteroatoms. The van der Waals surface area contributed by atoms with Crippen molar-refractivity contribution < 1.29 is 16.8 Å². The minimum Gasteiger partial charge on any atom is -0.280 e. The molecule has 0 saturated carbocycles. The largest absolute Gasteiger partial charge is 0.280 e. The molecule has 3 aromatic rings. The van der Waals surface area contributed by atoms with Crippen molar-refractivity contribution in [3.8, 4) is 0 Å². The van der Waals surface area contributed by atoms with Gasteiger partial charge in [-0.3, -0.25) is 4.72 Å². The molecule has 0 aliphatic carbocycles. The van der Waals surface area contributed by atoms with Crippen molar-refractivity contribution in [1.29, 1.82) is 0 Å². The van der Waals surface area contributed by atoms with E-state index < -0.39 is 20.0 Å². The van der Waals surface area contributed by atoms with Gasteiger partial charge in [0.05, 0.1) is 9.79 Å². The summed E-state index contributed by atoms with van der Waals surface area (Å²) in [5.41, 5.74) is 0.314. The first-order valence-electron chi connectivity index (χ1n) is 9.87. The monoisotopic (exact) mass is 444 g/mol. The molecule has 6 nitrogen and oxygen atoms in total. The number of rotatable bonds is 5. The SMILES string of the molecule is CC1CCN(S(=O)(=O)c2ccc(NS(=O)(=O)c3ccc4ccccc4c3)cc2)CC1. The Labute approximate surface area is 177 Å². The molecule has 4 rings (SSSR count). The van der Waals surface area contributed by atoms with E-state index in [-0.39, 0.29) is 9.79 Å². The fourth-order valence-electron chi connectivity index (χ4n) is 3.62. The number of fused-ring (bicyclic) bond motifs is 1. The maximum Gasteiger partial charge on any atom is 0.261 e.